The minimum Gasteiger partial charge on any atom is -0.475 e. The number of carboxylic acid groups (broad SMARTS) is 1. The molecule has 2 aromatic carbocycles. The average molecular weight is 633 g/mol. The van der Waals surface area contributed by atoms with Gasteiger partial charge in [-0.15, -0.1) is 0 Å². The van der Waals surface area contributed by atoms with Crippen LogP contribution in [0.4, 0.5) is 0 Å². The molecule has 1 atom stereocenters. The van der Waals surface area contributed by atoms with Crippen LogP contribution < -0.4 is 16.4 Å². The maximum Gasteiger partial charge on any atom is 0.371 e. The van der Waals surface area contributed by atoms with Crippen LogP contribution in [-0.4, -0.2) is 78.8 Å². The molecule has 1 aromatic heterocycles. The lowest BCUT2D eigenvalue weighted by molar-refractivity contribution is -0.132. The van der Waals surface area contributed by atoms with Gasteiger partial charge in [0.05, 0.1) is 5.54 Å². The van der Waals surface area contributed by atoms with Crippen LogP contribution >= 0.6 is 0 Å². The maximum absolute atomic E-state index is 13.2. The number of ether oxygens (including phenoxy) is 1. The molecule has 5 N–H and O–H groups in total. The fourth-order valence-electron chi connectivity index (χ4n) is 6.72. The van der Waals surface area contributed by atoms with Crippen molar-refractivity contribution >= 4 is 28.8 Å². The van der Waals surface area contributed by atoms with E-state index in [1.807, 2.05) is 42.5 Å². The number of benzene rings is 2. The minimum absolute atomic E-state index is 0.0174. The summed E-state index contributed by atoms with van der Waals surface area (Å²) in [6, 6.07) is 18.0. The van der Waals surface area contributed by atoms with Crippen molar-refractivity contribution in [3.63, 3.8) is 0 Å². The van der Waals surface area contributed by atoms with Crippen molar-refractivity contribution < 1.29 is 28.6 Å². The molecule has 0 radical (unpaired) electrons. The van der Waals surface area contributed by atoms with E-state index in [0.29, 0.717) is 37.3 Å². The number of carbonyl (C=O) groups is 3. The molecular weight excluding hydrogens is 584 g/mol. The Hall–Kier alpha value is -3.73. The fraction of sp³-hybridized carbons (Fsp3) is 0.528. The Morgan fingerprint density at radius 3 is 2.28 bits per heavy atom. The largest absolute Gasteiger partial charge is 0.475 e. The number of furan rings is 1. The van der Waals surface area contributed by atoms with Crippen LogP contribution in [0.1, 0.15) is 67.5 Å². The number of hydrogen-bond donors (Lipinski definition) is 4. The van der Waals surface area contributed by atoms with Gasteiger partial charge >= 0.3 is 5.97 Å². The predicted octanol–water partition coefficient (Wildman–Crippen LogP) is 4.37. The van der Waals surface area contributed by atoms with Gasteiger partial charge in [-0.2, -0.15) is 0 Å². The van der Waals surface area contributed by atoms with Crippen molar-refractivity contribution in [2.24, 2.45) is 17.6 Å². The SMILES string of the molecule is NC1(C(=O)N[C@H](Cc2ccccc2)C(=O)NCC2CCN(CC3CCOCC3)CC2)CCCC1.O=C(O)c1cc2ccccc2o1. The third-order valence-corrected chi connectivity index (χ3v) is 9.62. The standard InChI is InChI=1S/C27H42N4O3.C9H6O3/c28-27(12-4-5-13-27)26(33)30-24(18-21-6-2-1-3-7-21)25(32)29-19-22-8-14-31(15-9-22)20-23-10-16-34-17-11-23;10-9(11)8-5-6-3-1-2-4-7(6)12-8/h1-3,6-7,22-24H,4-5,8-20,28H2,(H,29,32)(H,30,33);1-5H,(H,10,11)/t24-;/m1./s1. The number of carbonyl (C=O) groups excluding carboxylic acids is 2. The number of likely N-dealkylation sites (tertiary alicyclic amines) is 1. The van der Waals surface area contributed by atoms with Gasteiger partial charge in [-0.3, -0.25) is 9.59 Å². The first-order chi connectivity index (χ1) is 22.3. The summed E-state index contributed by atoms with van der Waals surface area (Å²) < 4.78 is 10.5. The number of piperidine rings is 1. The Morgan fingerprint density at radius 1 is 0.935 bits per heavy atom. The lowest BCUT2D eigenvalue weighted by Crippen LogP contribution is -2.58. The van der Waals surface area contributed by atoms with Crippen LogP contribution in [0.25, 0.3) is 11.0 Å². The van der Waals surface area contributed by atoms with Crippen molar-refractivity contribution in [2.45, 2.75) is 69.4 Å². The molecule has 6 rings (SSSR count). The molecule has 46 heavy (non-hydrogen) atoms. The van der Waals surface area contributed by atoms with Crippen LogP contribution in [0.5, 0.6) is 0 Å². The summed E-state index contributed by atoms with van der Waals surface area (Å²) in [5, 5.41) is 15.5. The second-order valence-corrected chi connectivity index (χ2v) is 13.1. The summed E-state index contributed by atoms with van der Waals surface area (Å²) >= 11 is 0. The molecule has 1 aliphatic carbocycles. The third kappa shape index (κ3) is 9.40. The fourth-order valence-corrected chi connectivity index (χ4v) is 6.72. The highest BCUT2D eigenvalue weighted by atomic mass is 16.5. The van der Waals surface area contributed by atoms with Crippen molar-refractivity contribution in [3.8, 4) is 0 Å². The van der Waals surface area contributed by atoms with Gasteiger partial charge in [0.15, 0.2) is 0 Å². The van der Waals surface area contributed by atoms with E-state index < -0.39 is 17.6 Å². The third-order valence-electron chi connectivity index (χ3n) is 9.62. The topological polar surface area (TPSA) is 147 Å². The van der Waals surface area contributed by atoms with Crippen molar-refractivity contribution in [1.29, 1.82) is 0 Å². The summed E-state index contributed by atoms with van der Waals surface area (Å²) in [6.45, 7) is 5.83. The van der Waals surface area contributed by atoms with Gasteiger partial charge in [-0.1, -0.05) is 61.4 Å². The van der Waals surface area contributed by atoms with Gasteiger partial charge in [0.2, 0.25) is 17.6 Å². The first kappa shape index (κ1) is 33.6. The summed E-state index contributed by atoms with van der Waals surface area (Å²) in [4.78, 5) is 39.2. The number of nitrogens with two attached hydrogens (primary N) is 1. The first-order valence-corrected chi connectivity index (χ1v) is 16.7. The van der Waals surface area contributed by atoms with Crippen molar-refractivity contribution in [2.75, 3.05) is 39.4 Å². The predicted molar refractivity (Wildman–Crippen MR) is 176 cm³/mol. The van der Waals surface area contributed by atoms with E-state index in [0.717, 1.165) is 68.9 Å². The Bertz CT molecular complexity index is 1390. The second kappa shape index (κ2) is 16.2. The smallest absolute Gasteiger partial charge is 0.371 e. The molecule has 10 nitrogen and oxygen atoms in total. The quantitative estimate of drug-likeness (QED) is 0.258. The van der Waals surface area contributed by atoms with Crippen LogP contribution in [0.2, 0.25) is 0 Å². The lowest BCUT2D eigenvalue weighted by atomic mass is 9.93. The molecule has 3 aromatic rings. The van der Waals surface area contributed by atoms with E-state index >= 15 is 0 Å². The van der Waals surface area contributed by atoms with E-state index in [4.69, 9.17) is 20.0 Å². The van der Waals surface area contributed by atoms with E-state index in [1.54, 1.807) is 12.1 Å². The Balaban J connectivity index is 0.000000289. The number of amides is 2. The monoisotopic (exact) mass is 632 g/mol. The number of carboxylic acids is 1. The molecule has 2 amide bonds. The second-order valence-electron chi connectivity index (χ2n) is 13.1. The van der Waals surface area contributed by atoms with Gasteiger partial charge in [0.1, 0.15) is 11.6 Å². The van der Waals surface area contributed by atoms with Crippen molar-refractivity contribution in [3.05, 3.63) is 72.0 Å². The van der Waals surface area contributed by atoms with E-state index in [-0.39, 0.29) is 17.6 Å². The lowest BCUT2D eigenvalue weighted by Gasteiger charge is -2.35. The normalized spacial score (nSPS) is 19.6. The summed E-state index contributed by atoms with van der Waals surface area (Å²) in [5.74, 6) is -0.106. The molecule has 0 unspecified atom stereocenters. The Morgan fingerprint density at radius 2 is 1.61 bits per heavy atom. The van der Waals surface area contributed by atoms with Gasteiger partial charge in [0.25, 0.3) is 0 Å². The zero-order valence-electron chi connectivity index (χ0n) is 26.6. The Labute approximate surface area is 271 Å². The maximum atomic E-state index is 13.2. The van der Waals surface area contributed by atoms with Gasteiger partial charge in [0, 0.05) is 38.1 Å². The number of aromatic carboxylic acids is 1. The van der Waals surface area contributed by atoms with Crippen molar-refractivity contribution in [1.82, 2.24) is 15.5 Å². The number of para-hydroxylation sites is 1. The Kier molecular flexibility index (Phi) is 11.8. The zero-order valence-corrected chi connectivity index (χ0v) is 26.6. The molecule has 10 heteroatoms. The molecule has 248 valence electrons. The van der Waals surface area contributed by atoms with E-state index in [9.17, 15) is 14.4 Å². The van der Waals surface area contributed by atoms with E-state index in [2.05, 4.69) is 15.5 Å². The van der Waals surface area contributed by atoms with Crippen LogP contribution in [0.15, 0.2) is 65.1 Å². The van der Waals surface area contributed by atoms with Crippen LogP contribution in [0.3, 0.4) is 0 Å². The highest BCUT2D eigenvalue weighted by molar-refractivity contribution is 5.92. The van der Waals surface area contributed by atoms with E-state index in [1.165, 1.54) is 25.5 Å². The van der Waals surface area contributed by atoms with Crippen LogP contribution in [0, 0.1) is 11.8 Å². The summed E-state index contributed by atoms with van der Waals surface area (Å²) in [5.41, 5.74) is 7.16. The molecule has 3 heterocycles. The molecule has 3 aliphatic rings. The minimum atomic E-state index is -1.04. The molecule has 0 bridgehead atoms. The summed E-state index contributed by atoms with van der Waals surface area (Å²) in [7, 11) is 0. The average Bonchev–Trinajstić information content (AvgIpc) is 3.73. The number of nitrogens with one attached hydrogen (secondary N) is 2. The summed E-state index contributed by atoms with van der Waals surface area (Å²) in [6.07, 6.45) is 8.33. The molecule has 2 aliphatic heterocycles. The number of nitrogens with zero attached hydrogens (tertiary/aromatic N) is 1. The molecule has 3 fully saturated rings. The molecular formula is C36H48N4O6. The molecule has 0 spiro atoms. The molecule has 1 saturated carbocycles. The van der Waals surface area contributed by atoms with Gasteiger partial charge in [-0.25, -0.2) is 4.79 Å². The number of hydrogen-bond acceptors (Lipinski definition) is 7. The first-order valence-electron chi connectivity index (χ1n) is 16.7. The number of rotatable bonds is 10. The highest BCUT2D eigenvalue weighted by Crippen LogP contribution is 2.27. The zero-order chi connectivity index (χ0) is 32.4. The van der Waals surface area contributed by atoms with Gasteiger partial charge < -0.3 is 35.5 Å². The highest BCUT2D eigenvalue weighted by Gasteiger charge is 2.39. The molecule has 2 saturated heterocycles. The van der Waals surface area contributed by atoms with Crippen LogP contribution in [-0.2, 0) is 20.7 Å². The van der Waals surface area contributed by atoms with Gasteiger partial charge in [-0.05, 0) is 81.1 Å². The number of fused-ring (bicyclic) bond motifs is 1.